The first-order valence-corrected chi connectivity index (χ1v) is 12.4. The molecule has 8 heteroatoms. The van der Waals surface area contributed by atoms with Crippen LogP contribution < -0.4 is 0 Å². The Labute approximate surface area is 211 Å². The molecule has 0 saturated carbocycles. The van der Waals surface area contributed by atoms with Gasteiger partial charge >= 0.3 is 6.09 Å². The lowest BCUT2D eigenvalue weighted by molar-refractivity contribution is 0.00193. The second kappa shape index (κ2) is 16.1. The number of rotatable bonds is 1. The average Bonchev–Trinajstić information content (AvgIpc) is 3.03. The van der Waals surface area contributed by atoms with Crippen LogP contribution in [0.3, 0.4) is 0 Å². The van der Waals surface area contributed by atoms with Gasteiger partial charge in [-0.1, -0.05) is 33.8 Å². The minimum atomic E-state index is -0.509. The molecule has 0 bridgehead atoms. The third-order valence-corrected chi connectivity index (χ3v) is 5.34. The summed E-state index contributed by atoms with van der Waals surface area (Å²) >= 11 is 0. The molecule has 2 aliphatic rings. The summed E-state index contributed by atoms with van der Waals surface area (Å²) in [6, 6.07) is 6.95. The number of hydrogen-bond acceptors (Lipinski definition) is 6. The maximum absolute atomic E-state index is 13.9. The molecule has 7 nitrogen and oxygen atoms in total. The number of nitriles is 2. The van der Waals surface area contributed by atoms with E-state index >= 15 is 0 Å². The van der Waals surface area contributed by atoms with Gasteiger partial charge in [0.25, 0.3) is 0 Å². The van der Waals surface area contributed by atoms with Crippen LogP contribution in [0.4, 0.5) is 9.18 Å². The lowest BCUT2D eigenvalue weighted by Gasteiger charge is -2.41. The quantitative estimate of drug-likeness (QED) is 0.482. The first-order chi connectivity index (χ1) is 16.6. The van der Waals surface area contributed by atoms with Crippen LogP contribution >= 0.6 is 0 Å². The number of carbonyl (C=O) groups is 1. The van der Waals surface area contributed by atoms with Crippen molar-refractivity contribution in [2.75, 3.05) is 32.8 Å². The summed E-state index contributed by atoms with van der Waals surface area (Å²) in [7, 11) is 0. The van der Waals surface area contributed by atoms with Crippen molar-refractivity contribution in [3.63, 3.8) is 0 Å². The molecule has 0 N–H and O–H groups in total. The Morgan fingerprint density at radius 1 is 1.14 bits per heavy atom. The monoisotopic (exact) mass is 490 g/mol. The van der Waals surface area contributed by atoms with E-state index in [9.17, 15) is 14.4 Å². The highest BCUT2D eigenvalue weighted by molar-refractivity contribution is 5.68. The zero-order valence-corrected chi connectivity index (χ0v) is 22.9. The summed E-state index contributed by atoms with van der Waals surface area (Å²) in [4.78, 5) is 16.5. The normalized spacial score (nSPS) is 19.4. The SMILES string of the molecule is CC.CC.CC#N.Cc1c(C2CN3CCN(C(=O)OC(C)(C)C)CC3CCO2)ccc(F)c1C#N. The van der Waals surface area contributed by atoms with Crippen molar-refractivity contribution < 1.29 is 18.7 Å². The first-order valence-electron chi connectivity index (χ1n) is 12.4. The minimum absolute atomic E-state index is 0.0802. The number of amides is 1. The Kier molecular flexibility index (Phi) is 14.8. The average molecular weight is 491 g/mol. The van der Waals surface area contributed by atoms with Crippen LogP contribution in [0.1, 0.15) is 84.6 Å². The summed E-state index contributed by atoms with van der Waals surface area (Å²) in [5.74, 6) is -0.499. The lowest BCUT2D eigenvalue weighted by Crippen LogP contribution is -2.55. The molecule has 1 amide bonds. The third-order valence-electron chi connectivity index (χ3n) is 5.34. The molecule has 2 aliphatic heterocycles. The van der Waals surface area contributed by atoms with Gasteiger partial charge in [0, 0.05) is 45.8 Å². The Morgan fingerprint density at radius 2 is 1.74 bits per heavy atom. The zero-order valence-electron chi connectivity index (χ0n) is 22.9. The van der Waals surface area contributed by atoms with E-state index in [1.54, 1.807) is 24.0 Å². The number of halogens is 1. The first kappa shape index (κ1) is 32.3. The maximum Gasteiger partial charge on any atom is 0.410 e. The molecule has 35 heavy (non-hydrogen) atoms. The molecule has 2 saturated heterocycles. The fourth-order valence-corrected chi connectivity index (χ4v) is 3.88. The zero-order chi connectivity index (χ0) is 27.2. The Bertz CT molecular complexity index is 871. The van der Waals surface area contributed by atoms with Crippen molar-refractivity contribution in [2.24, 2.45) is 0 Å². The Hall–Kier alpha value is -2.68. The van der Waals surface area contributed by atoms with Crippen molar-refractivity contribution in [1.29, 1.82) is 10.5 Å². The second-order valence-electron chi connectivity index (χ2n) is 8.70. The van der Waals surface area contributed by atoms with Gasteiger partial charge < -0.3 is 14.4 Å². The minimum Gasteiger partial charge on any atom is -0.444 e. The summed E-state index contributed by atoms with van der Waals surface area (Å²) in [5, 5.41) is 16.6. The molecule has 0 radical (unpaired) electrons. The summed E-state index contributed by atoms with van der Waals surface area (Å²) in [6.45, 7) is 19.9. The van der Waals surface area contributed by atoms with Crippen molar-refractivity contribution >= 4 is 6.09 Å². The fourth-order valence-electron chi connectivity index (χ4n) is 3.88. The van der Waals surface area contributed by atoms with Crippen LogP contribution in [0, 0.1) is 35.4 Å². The summed E-state index contributed by atoms with van der Waals surface area (Å²) in [6.07, 6.45) is 0.314. The van der Waals surface area contributed by atoms with Crippen molar-refractivity contribution in [1.82, 2.24) is 9.80 Å². The van der Waals surface area contributed by atoms with Gasteiger partial charge in [-0.2, -0.15) is 10.5 Å². The number of hydrogen-bond donors (Lipinski definition) is 0. The number of benzene rings is 1. The topological polar surface area (TPSA) is 89.6 Å². The molecule has 2 unspecified atom stereocenters. The molecule has 2 heterocycles. The molecule has 1 aromatic carbocycles. The van der Waals surface area contributed by atoms with Crippen molar-refractivity contribution in [2.45, 2.75) is 86.5 Å². The molecule has 0 aliphatic carbocycles. The van der Waals surface area contributed by atoms with E-state index in [1.807, 2.05) is 54.5 Å². The molecule has 1 aromatic rings. The van der Waals surface area contributed by atoms with Gasteiger partial charge in [0.2, 0.25) is 0 Å². The molecule has 196 valence electrons. The number of carbonyl (C=O) groups excluding carboxylic acids is 1. The van der Waals surface area contributed by atoms with E-state index in [4.69, 9.17) is 14.7 Å². The van der Waals surface area contributed by atoms with Gasteiger partial charge in [0.15, 0.2) is 0 Å². The molecule has 0 aromatic heterocycles. The van der Waals surface area contributed by atoms with E-state index < -0.39 is 11.4 Å². The Balaban J connectivity index is 0.00000150. The van der Waals surface area contributed by atoms with Gasteiger partial charge in [0.1, 0.15) is 17.5 Å². The maximum atomic E-state index is 13.9. The summed E-state index contributed by atoms with van der Waals surface area (Å²) < 4.78 is 25.4. The van der Waals surface area contributed by atoms with E-state index in [1.165, 1.54) is 13.0 Å². The van der Waals surface area contributed by atoms with Gasteiger partial charge in [-0.3, -0.25) is 4.90 Å². The lowest BCUT2D eigenvalue weighted by atomic mass is 9.97. The Morgan fingerprint density at radius 3 is 2.29 bits per heavy atom. The van der Waals surface area contributed by atoms with Gasteiger partial charge in [-0.05, 0) is 51.3 Å². The van der Waals surface area contributed by atoms with E-state index in [2.05, 4.69) is 4.90 Å². The van der Waals surface area contributed by atoms with Gasteiger partial charge in [0.05, 0.1) is 17.7 Å². The highest BCUT2D eigenvalue weighted by Gasteiger charge is 2.35. The van der Waals surface area contributed by atoms with Crippen LogP contribution in [0.2, 0.25) is 0 Å². The largest absolute Gasteiger partial charge is 0.444 e. The predicted octanol–water partition coefficient (Wildman–Crippen LogP) is 5.97. The molecule has 2 atom stereocenters. The molecule has 0 spiro atoms. The molecule has 2 fully saturated rings. The van der Waals surface area contributed by atoms with Crippen LogP contribution in [0.25, 0.3) is 0 Å². The summed E-state index contributed by atoms with van der Waals surface area (Å²) in [5.41, 5.74) is 1.06. The molecule has 3 rings (SSSR count). The third kappa shape index (κ3) is 9.84. The fraction of sp³-hybridized carbons (Fsp3) is 0.667. The molecular weight excluding hydrogens is 447 g/mol. The van der Waals surface area contributed by atoms with Gasteiger partial charge in [-0.25, -0.2) is 9.18 Å². The second-order valence-corrected chi connectivity index (χ2v) is 8.70. The van der Waals surface area contributed by atoms with Crippen LogP contribution in [-0.4, -0.2) is 60.3 Å². The number of nitrogens with zero attached hydrogens (tertiary/aromatic N) is 4. The number of ether oxygens (including phenoxy) is 2. The van der Waals surface area contributed by atoms with Crippen molar-refractivity contribution in [3.8, 4) is 12.1 Å². The highest BCUT2D eigenvalue weighted by Crippen LogP contribution is 2.30. The molecular formula is C27H43FN4O3. The number of fused-ring (bicyclic) bond motifs is 1. The van der Waals surface area contributed by atoms with E-state index in [-0.39, 0.29) is 23.8 Å². The van der Waals surface area contributed by atoms with Crippen molar-refractivity contribution in [3.05, 3.63) is 34.6 Å². The van der Waals surface area contributed by atoms with Gasteiger partial charge in [-0.15, -0.1) is 0 Å². The van der Waals surface area contributed by atoms with Crippen LogP contribution in [-0.2, 0) is 9.47 Å². The van der Waals surface area contributed by atoms with E-state index in [0.717, 1.165) is 18.5 Å². The van der Waals surface area contributed by atoms with E-state index in [0.29, 0.717) is 31.8 Å². The van der Waals surface area contributed by atoms with Crippen LogP contribution in [0.5, 0.6) is 0 Å². The smallest absolute Gasteiger partial charge is 0.410 e. The standard InChI is InChI=1S/C21H28FN3O3.C2H3N.2C2H6/c1-14-16(5-6-18(22)17(14)11-23)19-13-24-8-9-25(12-15(24)7-10-27-19)20(26)28-21(2,3)4;1-2-3;2*1-2/h5-6,15,19H,7-10,12-13H2,1-4H3;1H3;2*1-2H3. The number of piperazine rings is 1. The highest BCUT2D eigenvalue weighted by atomic mass is 19.1. The predicted molar refractivity (Wildman–Crippen MR) is 136 cm³/mol. The van der Waals surface area contributed by atoms with Crippen LogP contribution in [0.15, 0.2) is 12.1 Å².